The molecule has 11 rings (SSSR count). The number of aromatic nitrogens is 2. The average molecular weight is 595 g/mol. The molecule has 9 aromatic rings. The Morgan fingerprint density at radius 1 is 0.404 bits per heavy atom. The highest BCUT2D eigenvalue weighted by Crippen LogP contribution is 2.63. The number of hydrogen-bond acceptors (Lipinski definition) is 2. The van der Waals surface area contributed by atoms with Gasteiger partial charge >= 0.3 is 0 Å². The molecule has 0 saturated heterocycles. The summed E-state index contributed by atoms with van der Waals surface area (Å²) < 4.78 is 0. The molecule has 2 nitrogen and oxygen atoms in total. The lowest BCUT2D eigenvalue weighted by Crippen LogP contribution is -2.26. The minimum atomic E-state index is -0.414. The summed E-state index contributed by atoms with van der Waals surface area (Å²) in [6.07, 6.45) is 0. The van der Waals surface area contributed by atoms with Crippen molar-refractivity contribution in [2.24, 2.45) is 0 Å². The molecular formula is C45H26N2. The molecule has 216 valence electrons. The monoisotopic (exact) mass is 594 g/mol. The van der Waals surface area contributed by atoms with Gasteiger partial charge in [-0.2, -0.15) is 0 Å². The molecule has 1 spiro atoms. The van der Waals surface area contributed by atoms with Crippen LogP contribution in [0.4, 0.5) is 0 Å². The van der Waals surface area contributed by atoms with Crippen LogP contribution in [-0.4, -0.2) is 9.97 Å². The lowest BCUT2D eigenvalue weighted by atomic mass is 9.70. The Morgan fingerprint density at radius 2 is 1.00 bits per heavy atom. The zero-order valence-electron chi connectivity index (χ0n) is 25.4. The van der Waals surface area contributed by atoms with Crippen LogP contribution in [0.15, 0.2) is 158 Å². The normalized spacial score (nSPS) is 13.7. The first-order chi connectivity index (χ1) is 23.3. The van der Waals surface area contributed by atoms with Crippen molar-refractivity contribution in [3.8, 4) is 33.8 Å². The van der Waals surface area contributed by atoms with Gasteiger partial charge in [-0.25, -0.2) is 9.97 Å². The molecule has 0 aliphatic heterocycles. The number of para-hydroxylation sites is 1. The largest absolute Gasteiger partial charge is 0.228 e. The molecule has 1 heterocycles. The van der Waals surface area contributed by atoms with Gasteiger partial charge in [-0.15, -0.1) is 0 Å². The Hall–Kier alpha value is -6.12. The lowest BCUT2D eigenvalue weighted by molar-refractivity contribution is 0.797. The van der Waals surface area contributed by atoms with Crippen LogP contribution < -0.4 is 0 Å². The van der Waals surface area contributed by atoms with Crippen LogP contribution in [-0.2, 0) is 5.41 Å². The highest BCUT2D eigenvalue weighted by atomic mass is 14.9. The number of nitrogens with zero attached hydrogens (tertiary/aromatic N) is 2. The lowest BCUT2D eigenvalue weighted by Gasteiger charge is -2.31. The predicted octanol–water partition coefficient (Wildman–Crippen LogP) is 11.1. The van der Waals surface area contributed by atoms with Gasteiger partial charge in [-0.05, 0) is 77.8 Å². The first-order valence-electron chi connectivity index (χ1n) is 16.3. The Balaban J connectivity index is 1.23. The third-order valence-electron chi connectivity index (χ3n) is 10.6. The zero-order valence-corrected chi connectivity index (χ0v) is 25.4. The molecule has 1 aromatic heterocycles. The number of fused-ring (bicyclic) bond motifs is 9. The van der Waals surface area contributed by atoms with Crippen LogP contribution in [0.5, 0.6) is 0 Å². The molecule has 0 radical (unpaired) electrons. The van der Waals surface area contributed by atoms with Crippen molar-refractivity contribution in [2.75, 3.05) is 0 Å². The number of rotatable bonds is 2. The molecule has 8 aromatic carbocycles. The summed E-state index contributed by atoms with van der Waals surface area (Å²) in [6, 6.07) is 57.5. The fourth-order valence-corrected chi connectivity index (χ4v) is 8.77. The molecule has 0 saturated carbocycles. The Labute approximate surface area is 271 Å². The smallest absolute Gasteiger partial charge is 0.161 e. The molecule has 2 aliphatic rings. The van der Waals surface area contributed by atoms with Crippen molar-refractivity contribution < 1.29 is 0 Å². The third-order valence-corrected chi connectivity index (χ3v) is 10.6. The number of hydrogen-bond donors (Lipinski definition) is 0. The van der Waals surface area contributed by atoms with Gasteiger partial charge in [0.15, 0.2) is 5.82 Å². The number of benzene rings is 8. The van der Waals surface area contributed by atoms with Crippen LogP contribution in [0.1, 0.15) is 22.3 Å². The van der Waals surface area contributed by atoms with Gasteiger partial charge in [0.2, 0.25) is 0 Å². The summed E-state index contributed by atoms with van der Waals surface area (Å²) in [5.74, 6) is 0.752. The van der Waals surface area contributed by atoms with Crippen molar-refractivity contribution in [1.29, 1.82) is 0 Å². The molecule has 0 unspecified atom stereocenters. The molecule has 0 amide bonds. The summed E-state index contributed by atoms with van der Waals surface area (Å²) in [5.41, 5.74) is 11.5. The predicted molar refractivity (Wildman–Crippen MR) is 194 cm³/mol. The topological polar surface area (TPSA) is 25.8 Å². The third kappa shape index (κ3) is 3.15. The van der Waals surface area contributed by atoms with E-state index in [1.54, 1.807) is 0 Å². The van der Waals surface area contributed by atoms with Crippen LogP contribution in [0.25, 0.3) is 77.0 Å². The van der Waals surface area contributed by atoms with E-state index in [0.29, 0.717) is 0 Å². The van der Waals surface area contributed by atoms with Crippen molar-refractivity contribution in [1.82, 2.24) is 9.97 Å². The maximum absolute atomic E-state index is 5.42. The summed E-state index contributed by atoms with van der Waals surface area (Å²) >= 11 is 0. The van der Waals surface area contributed by atoms with E-state index in [2.05, 4.69) is 158 Å². The molecule has 0 fully saturated rings. The highest BCUT2D eigenvalue weighted by Gasteiger charge is 2.51. The van der Waals surface area contributed by atoms with Crippen molar-refractivity contribution in [3.05, 3.63) is 180 Å². The zero-order chi connectivity index (χ0) is 30.7. The minimum Gasteiger partial charge on any atom is -0.228 e. The van der Waals surface area contributed by atoms with Crippen molar-refractivity contribution in [3.63, 3.8) is 0 Å². The molecular weight excluding hydrogens is 569 g/mol. The second kappa shape index (κ2) is 8.99. The standard InChI is InChI=1S/C45H26N2/c1-2-11-30-26-31(25-22-27(30)10-1)43-33-15-4-6-21-39(33)46-44(47-43)34-16-9-20-38-42(34)32-14-3-5-17-35(32)45(38)36-18-7-12-28-23-24-29-13-8-19-37(45)41(29)40(28)36/h1-26H. The van der Waals surface area contributed by atoms with Gasteiger partial charge < -0.3 is 0 Å². The highest BCUT2D eigenvalue weighted by molar-refractivity contribution is 6.17. The summed E-state index contributed by atoms with van der Waals surface area (Å²) in [4.78, 5) is 10.7. The van der Waals surface area contributed by atoms with E-state index in [4.69, 9.17) is 9.97 Å². The average Bonchev–Trinajstić information content (AvgIpc) is 3.62. The van der Waals surface area contributed by atoms with E-state index in [0.717, 1.165) is 33.5 Å². The van der Waals surface area contributed by atoms with Gasteiger partial charge in [-0.3, -0.25) is 0 Å². The SMILES string of the molecule is c1ccc2c(c1)-c1c(-c3nc(-c4ccc5ccccc5c4)c4ccccc4n3)cccc1C21c2cccc3ccc4cccc1c4c23. The van der Waals surface area contributed by atoms with Crippen LogP contribution in [0.3, 0.4) is 0 Å². The Bertz CT molecular complexity index is 2750. The van der Waals surface area contributed by atoms with Gasteiger partial charge in [0.25, 0.3) is 0 Å². The Morgan fingerprint density at radius 3 is 1.83 bits per heavy atom. The summed E-state index contributed by atoms with van der Waals surface area (Å²) in [5, 5.41) is 8.80. The van der Waals surface area contributed by atoms with Gasteiger partial charge in [0, 0.05) is 16.5 Å². The second-order valence-electron chi connectivity index (χ2n) is 12.9. The molecule has 0 bridgehead atoms. The van der Waals surface area contributed by atoms with Crippen molar-refractivity contribution >= 4 is 43.2 Å². The van der Waals surface area contributed by atoms with Crippen LogP contribution in [0, 0.1) is 0 Å². The van der Waals surface area contributed by atoms with Crippen LogP contribution >= 0.6 is 0 Å². The van der Waals surface area contributed by atoms with E-state index < -0.39 is 5.41 Å². The minimum absolute atomic E-state index is 0.414. The van der Waals surface area contributed by atoms with Crippen molar-refractivity contribution in [2.45, 2.75) is 5.41 Å². The summed E-state index contributed by atoms with van der Waals surface area (Å²) in [7, 11) is 0. The van der Waals surface area contributed by atoms with Gasteiger partial charge in [0.1, 0.15) is 0 Å². The fourth-order valence-electron chi connectivity index (χ4n) is 8.77. The fraction of sp³-hybridized carbons (Fsp3) is 0.0222. The quantitative estimate of drug-likeness (QED) is 0.186. The first-order valence-corrected chi connectivity index (χ1v) is 16.3. The molecule has 0 atom stereocenters. The molecule has 2 heteroatoms. The van der Waals surface area contributed by atoms with E-state index in [9.17, 15) is 0 Å². The maximum Gasteiger partial charge on any atom is 0.161 e. The molecule has 47 heavy (non-hydrogen) atoms. The second-order valence-corrected chi connectivity index (χ2v) is 12.9. The van der Waals surface area contributed by atoms with Gasteiger partial charge in [-0.1, -0.05) is 146 Å². The van der Waals surface area contributed by atoms with E-state index in [1.807, 2.05) is 0 Å². The van der Waals surface area contributed by atoms with E-state index in [1.165, 1.54) is 65.7 Å². The molecule has 2 aliphatic carbocycles. The van der Waals surface area contributed by atoms with Crippen LogP contribution in [0.2, 0.25) is 0 Å². The Kier molecular flexibility index (Phi) is 4.80. The maximum atomic E-state index is 5.42. The van der Waals surface area contributed by atoms with E-state index >= 15 is 0 Å². The summed E-state index contributed by atoms with van der Waals surface area (Å²) in [6.45, 7) is 0. The molecule has 0 N–H and O–H groups in total. The van der Waals surface area contributed by atoms with E-state index in [-0.39, 0.29) is 0 Å². The van der Waals surface area contributed by atoms with Gasteiger partial charge in [0.05, 0.1) is 16.6 Å². The first kappa shape index (κ1) is 25.1.